The van der Waals surface area contributed by atoms with E-state index in [0.717, 1.165) is 30.8 Å². The summed E-state index contributed by atoms with van der Waals surface area (Å²) in [5.41, 5.74) is 0.353. The molecule has 0 radical (unpaired) electrons. The molecule has 2 aliphatic heterocycles. The van der Waals surface area contributed by atoms with E-state index in [9.17, 15) is 13.2 Å². The van der Waals surface area contributed by atoms with Gasteiger partial charge in [-0.05, 0) is 56.2 Å². The Morgan fingerprint density at radius 2 is 1.93 bits per heavy atom. The Labute approximate surface area is 175 Å². The van der Waals surface area contributed by atoms with E-state index in [1.165, 1.54) is 4.31 Å². The largest absolute Gasteiger partial charge is 0.355 e. The monoisotopic (exact) mass is 435 g/mol. The SMILES string of the molecule is Cc1noc(/C=C/c2cccs2)c1S(=O)(=O)N1CCC(C(=O)N2CCCC2)CC1. The summed E-state index contributed by atoms with van der Waals surface area (Å²) in [4.78, 5) is 15.7. The van der Waals surface area contributed by atoms with E-state index in [1.807, 2.05) is 28.5 Å². The Kier molecular flexibility index (Phi) is 5.89. The number of amides is 1. The number of hydrogen-bond acceptors (Lipinski definition) is 6. The van der Waals surface area contributed by atoms with E-state index in [-0.39, 0.29) is 22.5 Å². The molecule has 2 aromatic heterocycles. The molecule has 0 unspecified atom stereocenters. The summed E-state index contributed by atoms with van der Waals surface area (Å²) >= 11 is 1.56. The average molecular weight is 436 g/mol. The lowest BCUT2D eigenvalue weighted by Crippen LogP contribution is -2.43. The molecule has 0 atom stereocenters. The molecule has 2 fully saturated rings. The van der Waals surface area contributed by atoms with Crippen LogP contribution in [0.1, 0.15) is 42.0 Å². The van der Waals surface area contributed by atoms with Crippen LogP contribution in [0.4, 0.5) is 0 Å². The van der Waals surface area contributed by atoms with Gasteiger partial charge in [-0.15, -0.1) is 11.3 Å². The molecular weight excluding hydrogens is 410 g/mol. The van der Waals surface area contributed by atoms with Crippen LogP contribution in [0.15, 0.2) is 26.9 Å². The molecule has 0 saturated carbocycles. The molecule has 2 saturated heterocycles. The molecule has 1 amide bonds. The van der Waals surface area contributed by atoms with Gasteiger partial charge in [0.2, 0.25) is 15.9 Å². The van der Waals surface area contributed by atoms with Gasteiger partial charge >= 0.3 is 0 Å². The summed E-state index contributed by atoms with van der Waals surface area (Å²) in [6, 6.07) is 3.88. The third-order valence-corrected chi connectivity index (χ3v) is 8.49. The zero-order valence-electron chi connectivity index (χ0n) is 16.4. The third-order valence-electron chi connectivity index (χ3n) is 5.59. The van der Waals surface area contributed by atoms with Crippen LogP contribution in [-0.4, -0.2) is 54.9 Å². The second kappa shape index (κ2) is 8.41. The molecule has 4 heterocycles. The smallest absolute Gasteiger partial charge is 0.248 e. The molecule has 2 aliphatic rings. The fourth-order valence-corrected chi connectivity index (χ4v) is 6.35. The van der Waals surface area contributed by atoms with Gasteiger partial charge in [-0.3, -0.25) is 4.79 Å². The first kappa shape index (κ1) is 20.3. The normalized spacial score (nSPS) is 19.4. The third kappa shape index (κ3) is 4.17. The molecule has 0 spiro atoms. The highest BCUT2D eigenvalue weighted by molar-refractivity contribution is 7.89. The quantitative estimate of drug-likeness (QED) is 0.720. The molecule has 0 N–H and O–H groups in total. The summed E-state index contributed by atoms with van der Waals surface area (Å²) in [6.45, 7) is 3.98. The summed E-state index contributed by atoms with van der Waals surface area (Å²) < 4.78 is 33.3. The average Bonchev–Trinajstić information content (AvgIpc) is 3.48. The molecular formula is C20H25N3O4S2. The van der Waals surface area contributed by atoms with Crippen LogP contribution in [0.3, 0.4) is 0 Å². The predicted molar refractivity (Wildman–Crippen MR) is 112 cm³/mol. The van der Waals surface area contributed by atoms with Crippen LogP contribution in [0.5, 0.6) is 0 Å². The maximum Gasteiger partial charge on any atom is 0.248 e. The van der Waals surface area contributed by atoms with Crippen LogP contribution < -0.4 is 0 Å². The van der Waals surface area contributed by atoms with Crippen molar-refractivity contribution in [3.8, 4) is 0 Å². The van der Waals surface area contributed by atoms with Gasteiger partial charge in [-0.2, -0.15) is 4.31 Å². The van der Waals surface area contributed by atoms with Crippen molar-refractivity contribution in [1.82, 2.24) is 14.4 Å². The standard InChI is InChI=1S/C20H25N3O4S2/c1-15-19(18(27-21-15)7-6-17-5-4-14-28-17)29(25,26)23-12-8-16(9-13-23)20(24)22-10-2-3-11-22/h4-7,14,16H,2-3,8-13H2,1H3/b7-6+. The maximum atomic E-state index is 13.3. The fraction of sp³-hybridized carbons (Fsp3) is 0.500. The van der Waals surface area contributed by atoms with Crippen molar-refractivity contribution in [1.29, 1.82) is 0 Å². The first-order chi connectivity index (χ1) is 14.0. The summed E-state index contributed by atoms with van der Waals surface area (Å²) in [6.07, 6.45) is 6.71. The molecule has 4 rings (SSSR count). The number of aromatic nitrogens is 1. The molecule has 9 heteroatoms. The van der Waals surface area contributed by atoms with Crippen molar-refractivity contribution in [3.63, 3.8) is 0 Å². The number of carbonyl (C=O) groups is 1. The first-order valence-electron chi connectivity index (χ1n) is 9.93. The number of thiophene rings is 1. The molecule has 0 bridgehead atoms. The van der Waals surface area contributed by atoms with Gasteiger partial charge in [0.05, 0.1) is 0 Å². The molecule has 156 valence electrons. The van der Waals surface area contributed by atoms with Crippen LogP contribution in [0, 0.1) is 12.8 Å². The minimum atomic E-state index is -3.73. The van der Waals surface area contributed by atoms with Crippen molar-refractivity contribution in [3.05, 3.63) is 33.8 Å². The molecule has 0 aromatic carbocycles. The van der Waals surface area contributed by atoms with Crippen LogP contribution >= 0.6 is 11.3 Å². The fourth-order valence-electron chi connectivity index (χ4n) is 4.01. The van der Waals surface area contributed by atoms with Crippen LogP contribution in [0.25, 0.3) is 12.2 Å². The lowest BCUT2D eigenvalue weighted by molar-refractivity contribution is -0.135. The summed E-state index contributed by atoms with van der Waals surface area (Å²) in [5, 5.41) is 5.84. The highest BCUT2D eigenvalue weighted by Gasteiger charge is 2.37. The van der Waals surface area contributed by atoms with E-state index in [0.29, 0.717) is 31.6 Å². The van der Waals surface area contributed by atoms with Crippen molar-refractivity contribution in [2.75, 3.05) is 26.2 Å². The lowest BCUT2D eigenvalue weighted by atomic mass is 9.97. The van der Waals surface area contributed by atoms with Gasteiger partial charge in [0, 0.05) is 37.0 Å². The predicted octanol–water partition coefficient (Wildman–Crippen LogP) is 3.24. The van der Waals surface area contributed by atoms with Crippen LogP contribution in [-0.2, 0) is 14.8 Å². The topological polar surface area (TPSA) is 83.7 Å². The van der Waals surface area contributed by atoms with Gasteiger partial charge in [-0.25, -0.2) is 8.42 Å². The van der Waals surface area contributed by atoms with Gasteiger partial charge < -0.3 is 9.42 Å². The maximum absolute atomic E-state index is 13.3. The number of hydrogen-bond donors (Lipinski definition) is 0. The molecule has 0 aliphatic carbocycles. The molecule has 29 heavy (non-hydrogen) atoms. The van der Waals surface area contributed by atoms with Gasteiger partial charge in [0.25, 0.3) is 0 Å². The number of carbonyl (C=O) groups excluding carboxylic acids is 1. The number of nitrogens with zero attached hydrogens (tertiary/aromatic N) is 3. The minimum Gasteiger partial charge on any atom is -0.355 e. The first-order valence-corrected chi connectivity index (χ1v) is 12.3. The Morgan fingerprint density at radius 1 is 1.21 bits per heavy atom. The Bertz CT molecular complexity index is 981. The van der Waals surface area contributed by atoms with E-state index >= 15 is 0 Å². The number of aryl methyl sites for hydroxylation is 1. The molecule has 7 nitrogen and oxygen atoms in total. The van der Waals surface area contributed by atoms with Crippen molar-refractivity contribution in [2.24, 2.45) is 5.92 Å². The van der Waals surface area contributed by atoms with Crippen molar-refractivity contribution >= 4 is 39.4 Å². The van der Waals surface area contributed by atoms with Crippen molar-refractivity contribution in [2.45, 2.75) is 37.5 Å². The second-order valence-corrected chi connectivity index (χ2v) is 10.4. The van der Waals surface area contributed by atoms with Gasteiger partial charge in [-0.1, -0.05) is 11.2 Å². The Hall–Kier alpha value is -1.97. The number of piperidine rings is 1. The van der Waals surface area contributed by atoms with Gasteiger partial charge in [0.1, 0.15) is 5.69 Å². The van der Waals surface area contributed by atoms with Crippen molar-refractivity contribution < 1.29 is 17.7 Å². The van der Waals surface area contributed by atoms with E-state index in [4.69, 9.17) is 4.52 Å². The highest BCUT2D eigenvalue weighted by atomic mass is 32.2. The number of sulfonamides is 1. The van der Waals surface area contributed by atoms with E-state index < -0.39 is 10.0 Å². The highest BCUT2D eigenvalue weighted by Crippen LogP contribution is 2.30. The van der Waals surface area contributed by atoms with Gasteiger partial charge in [0.15, 0.2) is 10.7 Å². The molecule has 2 aromatic rings. The van der Waals surface area contributed by atoms with E-state index in [2.05, 4.69) is 5.16 Å². The van der Waals surface area contributed by atoms with Crippen LogP contribution in [0.2, 0.25) is 0 Å². The zero-order chi connectivity index (χ0) is 20.4. The minimum absolute atomic E-state index is 0.0821. The Balaban J connectivity index is 1.48. The van der Waals surface area contributed by atoms with E-state index in [1.54, 1.807) is 24.3 Å². The Morgan fingerprint density at radius 3 is 2.59 bits per heavy atom. The number of rotatable bonds is 5. The summed E-state index contributed by atoms with van der Waals surface area (Å²) in [7, 11) is -3.73. The zero-order valence-corrected chi connectivity index (χ0v) is 18.0. The summed E-state index contributed by atoms with van der Waals surface area (Å²) in [5.74, 6) is 0.341. The number of likely N-dealkylation sites (tertiary alicyclic amines) is 1. The lowest BCUT2D eigenvalue weighted by Gasteiger charge is -2.32. The second-order valence-electron chi connectivity index (χ2n) is 7.52.